The molecule has 4 aromatic rings. The highest BCUT2D eigenvalue weighted by atomic mass is 35.5. The summed E-state index contributed by atoms with van der Waals surface area (Å²) in [5.41, 5.74) is 16.4. The summed E-state index contributed by atoms with van der Waals surface area (Å²) >= 11 is 12.4. The van der Waals surface area contributed by atoms with E-state index in [4.69, 9.17) is 39.1 Å². The summed E-state index contributed by atoms with van der Waals surface area (Å²) in [6.45, 7) is 0.222. The summed E-state index contributed by atoms with van der Waals surface area (Å²) in [7, 11) is 0. The van der Waals surface area contributed by atoms with Gasteiger partial charge in [-0.3, -0.25) is 0 Å². The van der Waals surface area contributed by atoms with Crippen molar-refractivity contribution >= 4 is 51.1 Å². The molecule has 0 saturated heterocycles. The molecule has 0 amide bonds. The summed E-state index contributed by atoms with van der Waals surface area (Å²) in [5, 5.41) is 1.96. The molecule has 0 bridgehead atoms. The first-order valence-corrected chi connectivity index (χ1v) is 8.11. The lowest BCUT2D eigenvalue weighted by molar-refractivity contribution is 0.668. The number of aromatic nitrogens is 1. The Hall–Kier alpha value is -2.27. The summed E-state index contributed by atoms with van der Waals surface area (Å²) in [4.78, 5) is 4.50. The molecular weight excluding hydrogens is 345 g/mol. The predicted molar refractivity (Wildman–Crippen MR) is 99.3 cm³/mol. The molecule has 0 aliphatic heterocycles. The van der Waals surface area contributed by atoms with E-state index in [1.807, 2.05) is 30.3 Å². The number of pyridine rings is 1. The van der Waals surface area contributed by atoms with E-state index in [1.165, 1.54) is 0 Å². The van der Waals surface area contributed by atoms with Crippen molar-refractivity contribution in [3.8, 4) is 11.1 Å². The number of hydrogen-bond donors (Lipinski definition) is 2. The third-order valence-corrected chi connectivity index (χ3v) is 4.59. The van der Waals surface area contributed by atoms with Gasteiger partial charge >= 0.3 is 0 Å². The van der Waals surface area contributed by atoms with Crippen LogP contribution in [0.2, 0.25) is 10.0 Å². The number of furan rings is 1. The molecule has 0 radical (unpaired) electrons. The number of nitrogen functional groups attached to an aromatic ring is 1. The second-order valence-corrected chi connectivity index (χ2v) is 6.30. The van der Waals surface area contributed by atoms with Crippen LogP contribution in [-0.2, 0) is 6.54 Å². The largest absolute Gasteiger partial charge is 0.454 e. The van der Waals surface area contributed by atoms with E-state index < -0.39 is 0 Å². The molecule has 6 heteroatoms. The minimum atomic E-state index is 0.222. The monoisotopic (exact) mass is 357 g/mol. The molecule has 120 valence electrons. The molecule has 0 saturated carbocycles. The zero-order valence-corrected chi connectivity index (χ0v) is 14.0. The van der Waals surface area contributed by atoms with E-state index in [-0.39, 0.29) is 6.54 Å². The molecule has 0 atom stereocenters. The van der Waals surface area contributed by atoms with Crippen molar-refractivity contribution in [3.05, 3.63) is 58.1 Å². The van der Waals surface area contributed by atoms with Crippen LogP contribution in [0.1, 0.15) is 5.56 Å². The third kappa shape index (κ3) is 2.23. The fraction of sp³-hybridized carbons (Fsp3) is 0.0556. The van der Waals surface area contributed by atoms with Gasteiger partial charge in [0.05, 0.1) is 5.02 Å². The van der Waals surface area contributed by atoms with Gasteiger partial charge in [-0.15, -0.1) is 0 Å². The molecule has 4 rings (SSSR count). The van der Waals surface area contributed by atoms with E-state index in [0.29, 0.717) is 32.5 Å². The van der Waals surface area contributed by atoms with Crippen LogP contribution in [-0.4, -0.2) is 4.98 Å². The molecule has 4 N–H and O–H groups in total. The van der Waals surface area contributed by atoms with Crippen LogP contribution in [0, 0.1) is 0 Å². The van der Waals surface area contributed by atoms with Crippen molar-refractivity contribution in [3.63, 3.8) is 0 Å². The van der Waals surface area contributed by atoms with Gasteiger partial charge in [0.1, 0.15) is 16.9 Å². The molecule has 4 nitrogen and oxygen atoms in total. The summed E-state index contributed by atoms with van der Waals surface area (Å²) < 4.78 is 6.06. The van der Waals surface area contributed by atoms with Crippen molar-refractivity contribution in [1.29, 1.82) is 0 Å². The average Bonchev–Trinajstić information content (AvgIpc) is 2.92. The Morgan fingerprint density at radius 3 is 2.62 bits per heavy atom. The SMILES string of the molecule is NCc1c(N)nc2c(oc3ccccc32)c1-c1ccc(Cl)cc1Cl. The second-order valence-electron chi connectivity index (χ2n) is 5.45. The van der Waals surface area contributed by atoms with Gasteiger partial charge in [0.2, 0.25) is 0 Å². The molecule has 0 unspecified atom stereocenters. The van der Waals surface area contributed by atoms with Crippen LogP contribution in [0.4, 0.5) is 5.82 Å². The van der Waals surface area contributed by atoms with Crippen LogP contribution in [0.3, 0.4) is 0 Å². The van der Waals surface area contributed by atoms with Gasteiger partial charge in [-0.05, 0) is 24.3 Å². The van der Waals surface area contributed by atoms with Gasteiger partial charge in [-0.25, -0.2) is 4.98 Å². The lowest BCUT2D eigenvalue weighted by Gasteiger charge is -2.12. The minimum Gasteiger partial charge on any atom is -0.454 e. The number of anilines is 1. The third-order valence-electron chi connectivity index (χ3n) is 4.04. The lowest BCUT2D eigenvalue weighted by Crippen LogP contribution is -2.06. The minimum absolute atomic E-state index is 0.222. The highest BCUT2D eigenvalue weighted by Gasteiger charge is 2.21. The second kappa shape index (κ2) is 5.67. The van der Waals surface area contributed by atoms with Gasteiger partial charge in [0.15, 0.2) is 5.58 Å². The fourth-order valence-corrected chi connectivity index (χ4v) is 3.45. The van der Waals surface area contributed by atoms with Gasteiger partial charge in [-0.1, -0.05) is 41.4 Å². The summed E-state index contributed by atoms with van der Waals surface area (Å²) in [6, 6.07) is 13.0. The highest BCUT2D eigenvalue weighted by Crippen LogP contribution is 2.41. The Kier molecular flexibility index (Phi) is 3.61. The predicted octanol–water partition coefficient (Wildman–Crippen LogP) is 5.00. The van der Waals surface area contributed by atoms with Crippen molar-refractivity contribution in [2.45, 2.75) is 6.54 Å². The first-order chi connectivity index (χ1) is 11.6. The smallest absolute Gasteiger partial charge is 0.162 e. The van der Waals surface area contributed by atoms with Crippen LogP contribution in [0.25, 0.3) is 33.2 Å². The number of nitrogens with two attached hydrogens (primary N) is 2. The van der Waals surface area contributed by atoms with Crippen LogP contribution in [0.5, 0.6) is 0 Å². The van der Waals surface area contributed by atoms with Crippen molar-refractivity contribution in [2.75, 3.05) is 5.73 Å². The van der Waals surface area contributed by atoms with Gasteiger partial charge in [-0.2, -0.15) is 0 Å². The lowest BCUT2D eigenvalue weighted by atomic mass is 9.99. The van der Waals surface area contributed by atoms with Crippen molar-refractivity contribution in [1.82, 2.24) is 4.98 Å². The first-order valence-electron chi connectivity index (χ1n) is 7.35. The Morgan fingerprint density at radius 2 is 1.88 bits per heavy atom. The Morgan fingerprint density at radius 1 is 1.08 bits per heavy atom. The number of rotatable bonds is 2. The molecule has 2 aromatic heterocycles. The maximum Gasteiger partial charge on any atom is 0.162 e. The Balaban J connectivity index is 2.19. The topological polar surface area (TPSA) is 78.1 Å². The molecule has 2 heterocycles. The zero-order chi connectivity index (χ0) is 16.8. The van der Waals surface area contributed by atoms with Gasteiger partial charge in [0, 0.05) is 33.6 Å². The number of nitrogens with zero attached hydrogens (tertiary/aromatic N) is 1. The van der Waals surface area contributed by atoms with Crippen LogP contribution >= 0.6 is 23.2 Å². The molecular formula is C18H13Cl2N3O. The molecule has 0 spiro atoms. The van der Waals surface area contributed by atoms with E-state index in [9.17, 15) is 0 Å². The van der Waals surface area contributed by atoms with Crippen molar-refractivity contribution < 1.29 is 4.42 Å². The van der Waals surface area contributed by atoms with Gasteiger partial charge < -0.3 is 15.9 Å². The Bertz CT molecular complexity index is 1090. The first kappa shape index (κ1) is 15.3. The normalized spacial score (nSPS) is 11.5. The zero-order valence-electron chi connectivity index (χ0n) is 12.5. The molecule has 0 fully saturated rings. The van der Waals surface area contributed by atoms with Crippen molar-refractivity contribution in [2.24, 2.45) is 5.73 Å². The maximum absolute atomic E-state index is 6.42. The van der Waals surface area contributed by atoms with E-state index in [0.717, 1.165) is 22.1 Å². The molecule has 0 aliphatic rings. The molecule has 24 heavy (non-hydrogen) atoms. The standard InChI is InChI=1S/C18H13Cl2N3O/c19-9-5-6-10(13(20)7-9)15-12(8-21)18(22)23-16-11-3-1-2-4-14(11)24-17(15)16/h1-7H,8,21H2,(H2,22,23). The number of hydrogen-bond acceptors (Lipinski definition) is 4. The maximum atomic E-state index is 6.42. The number of para-hydroxylation sites is 1. The number of fused-ring (bicyclic) bond motifs is 3. The molecule has 2 aromatic carbocycles. The number of benzene rings is 2. The van der Waals surface area contributed by atoms with E-state index in [1.54, 1.807) is 12.1 Å². The quantitative estimate of drug-likeness (QED) is 0.529. The summed E-state index contributed by atoms with van der Waals surface area (Å²) in [6.07, 6.45) is 0. The van der Waals surface area contributed by atoms with Crippen LogP contribution in [0.15, 0.2) is 46.9 Å². The highest BCUT2D eigenvalue weighted by molar-refractivity contribution is 6.36. The van der Waals surface area contributed by atoms with Gasteiger partial charge in [0.25, 0.3) is 0 Å². The van der Waals surface area contributed by atoms with Crippen LogP contribution < -0.4 is 11.5 Å². The van der Waals surface area contributed by atoms with E-state index in [2.05, 4.69) is 4.98 Å². The fourth-order valence-electron chi connectivity index (χ4n) is 2.95. The molecule has 0 aliphatic carbocycles. The Labute approximate surface area is 148 Å². The number of halogens is 2. The average molecular weight is 358 g/mol. The van der Waals surface area contributed by atoms with E-state index >= 15 is 0 Å². The summed E-state index contributed by atoms with van der Waals surface area (Å²) in [5.74, 6) is 0.373.